The molecule has 1 amide bonds. The maximum Gasteiger partial charge on any atom is 0.271 e. The van der Waals surface area contributed by atoms with Crippen molar-refractivity contribution in [3.63, 3.8) is 0 Å². The summed E-state index contributed by atoms with van der Waals surface area (Å²) in [7, 11) is 0. The number of nitrogens with one attached hydrogen (secondary N) is 1. The molecule has 0 fully saturated rings. The van der Waals surface area contributed by atoms with Crippen molar-refractivity contribution in [3.05, 3.63) is 55.5 Å². The Kier molecular flexibility index (Phi) is 6.11. The van der Waals surface area contributed by atoms with Crippen LogP contribution in [0.2, 0.25) is 5.02 Å². The van der Waals surface area contributed by atoms with Gasteiger partial charge in [0.15, 0.2) is 0 Å². The molecule has 130 valence electrons. The number of halogens is 2. The number of amides is 1. The van der Waals surface area contributed by atoms with Gasteiger partial charge in [-0.3, -0.25) is 19.9 Å². The number of hydrogen-bond acceptors (Lipinski definition) is 5. The number of benzene rings is 2. The molecule has 0 saturated heterocycles. The van der Waals surface area contributed by atoms with Gasteiger partial charge < -0.3 is 10.4 Å². The number of phenolic OH excluding ortho intramolecular Hbond substituents is 1. The Hall–Kier alpha value is -2.45. The van der Waals surface area contributed by atoms with Gasteiger partial charge in [0.1, 0.15) is 5.75 Å². The van der Waals surface area contributed by atoms with Crippen LogP contribution in [0.1, 0.15) is 18.9 Å². The van der Waals surface area contributed by atoms with Gasteiger partial charge in [-0.15, -0.1) is 0 Å². The Labute approximate surface area is 156 Å². The van der Waals surface area contributed by atoms with Crippen LogP contribution in [-0.2, 0) is 4.79 Å². The molecular weight excluding hydrogens is 414 g/mol. The maximum absolute atomic E-state index is 11.4. The SMILES string of the molecule is CCC(=O)Nc1ccc(N=Cc2cc([N+](=O)[O-])cc(Br)c2O)cc1Cl. The summed E-state index contributed by atoms with van der Waals surface area (Å²) in [5.74, 6) is -0.322. The van der Waals surface area contributed by atoms with Crippen LogP contribution in [0.15, 0.2) is 39.8 Å². The topological polar surface area (TPSA) is 105 Å². The van der Waals surface area contributed by atoms with Crippen molar-refractivity contribution in [1.29, 1.82) is 0 Å². The van der Waals surface area contributed by atoms with Crippen molar-refractivity contribution in [2.75, 3.05) is 5.32 Å². The Morgan fingerprint density at radius 1 is 1.44 bits per heavy atom. The second-order valence-corrected chi connectivity index (χ2v) is 6.21. The van der Waals surface area contributed by atoms with Crippen LogP contribution in [0.5, 0.6) is 5.75 Å². The molecule has 0 bridgehead atoms. The third-order valence-corrected chi connectivity index (χ3v) is 4.11. The van der Waals surface area contributed by atoms with E-state index in [4.69, 9.17) is 11.6 Å². The average molecular weight is 427 g/mol. The van der Waals surface area contributed by atoms with Crippen LogP contribution in [-0.4, -0.2) is 22.2 Å². The lowest BCUT2D eigenvalue weighted by molar-refractivity contribution is -0.385. The highest BCUT2D eigenvalue weighted by Gasteiger charge is 2.13. The lowest BCUT2D eigenvalue weighted by Crippen LogP contribution is -2.09. The zero-order chi connectivity index (χ0) is 18.6. The predicted molar refractivity (Wildman–Crippen MR) is 100 cm³/mol. The molecule has 0 radical (unpaired) electrons. The number of anilines is 1. The van der Waals surface area contributed by atoms with Gasteiger partial charge in [-0.1, -0.05) is 18.5 Å². The van der Waals surface area contributed by atoms with Crippen LogP contribution in [0.4, 0.5) is 17.1 Å². The van der Waals surface area contributed by atoms with Crippen molar-refractivity contribution in [2.24, 2.45) is 4.99 Å². The Bertz CT molecular complexity index is 871. The van der Waals surface area contributed by atoms with Crippen LogP contribution >= 0.6 is 27.5 Å². The van der Waals surface area contributed by atoms with Gasteiger partial charge in [0.05, 0.1) is 25.8 Å². The molecule has 7 nitrogen and oxygen atoms in total. The number of nitro groups is 1. The second-order valence-electron chi connectivity index (χ2n) is 4.95. The minimum absolute atomic E-state index is 0.160. The minimum Gasteiger partial charge on any atom is -0.506 e. The number of nitrogens with zero attached hydrogens (tertiary/aromatic N) is 2. The lowest BCUT2D eigenvalue weighted by atomic mass is 10.2. The maximum atomic E-state index is 11.4. The third kappa shape index (κ3) is 4.77. The van der Waals surface area contributed by atoms with Crippen LogP contribution in [0.3, 0.4) is 0 Å². The molecule has 0 heterocycles. The van der Waals surface area contributed by atoms with E-state index in [-0.39, 0.29) is 27.4 Å². The first-order chi connectivity index (χ1) is 11.8. The highest BCUT2D eigenvalue weighted by Crippen LogP contribution is 2.32. The van der Waals surface area contributed by atoms with E-state index in [2.05, 4.69) is 26.2 Å². The Morgan fingerprint density at radius 2 is 2.16 bits per heavy atom. The van der Waals surface area contributed by atoms with Gasteiger partial charge in [0.25, 0.3) is 5.69 Å². The van der Waals surface area contributed by atoms with Gasteiger partial charge in [-0.2, -0.15) is 0 Å². The fourth-order valence-corrected chi connectivity index (χ4v) is 2.56. The van der Waals surface area contributed by atoms with Crippen molar-refractivity contribution < 1.29 is 14.8 Å². The molecule has 0 atom stereocenters. The summed E-state index contributed by atoms with van der Waals surface area (Å²) in [5, 5.41) is 23.8. The lowest BCUT2D eigenvalue weighted by Gasteiger charge is -2.06. The van der Waals surface area contributed by atoms with Crippen molar-refractivity contribution in [2.45, 2.75) is 13.3 Å². The van der Waals surface area contributed by atoms with Gasteiger partial charge in [0, 0.05) is 30.3 Å². The number of hydrogen-bond donors (Lipinski definition) is 2. The Morgan fingerprint density at radius 3 is 2.76 bits per heavy atom. The molecule has 0 aromatic heterocycles. The van der Waals surface area contributed by atoms with Crippen LogP contribution in [0.25, 0.3) is 0 Å². The van der Waals surface area contributed by atoms with Crippen molar-refractivity contribution >= 4 is 56.7 Å². The number of aromatic hydroxyl groups is 1. The molecular formula is C16H13BrClN3O4. The number of phenols is 1. The first kappa shape index (κ1) is 18.9. The summed E-state index contributed by atoms with van der Waals surface area (Å²) < 4.78 is 0.193. The Balaban J connectivity index is 2.29. The summed E-state index contributed by atoms with van der Waals surface area (Å²) in [6.45, 7) is 1.73. The highest BCUT2D eigenvalue weighted by molar-refractivity contribution is 9.10. The van der Waals surface area contributed by atoms with E-state index in [1.807, 2.05) is 0 Å². The van der Waals surface area contributed by atoms with E-state index >= 15 is 0 Å². The normalized spacial score (nSPS) is 10.8. The molecule has 0 unspecified atom stereocenters. The zero-order valence-corrected chi connectivity index (χ0v) is 15.3. The number of aliphatic imine (C=N–C) groups is 1. The number of rotatable bonds is 5. The fraction of sp³-hybridized carbons (Fsp3) is 0.125. The minimum atomic E-state index is -0.566. The third-order valence-electron chi connectivity index (χ3n) is 3.19. The average Bonchev–Trinajstić information content (AvgIpc) is 2.57. The molecule has 2 N–H and O–H groups in total. The summed E-state index contributed by atoms with van der Waals surface area (Å²) in [5.41, 5.74) is 0.928. The molecule has 0 aliphatic heterocycles. The number of nitro benzene ring substituents is 1. The van der Waals surface area contributed by atoms with Gasteiger partial charge in [0.2, 0.25) is 5.91 Å². The van der Waals surface area contributed by atoms with Gasteiger partial charge in [-0.25, -0.2) is 0 Å². The molecule has 9 heteroatoms. The molecule has 0 spiro atoms. The summed E-state index contributed by atoms with van der Waals surface area (Å²) in [6.07, 6.45) is 1.63. The standard InChI is InChI=1S/C16H13BrClN3O4/c1-2-15(22)20-14-4-3-10(6-13(14)18)19-8-9-5-11(21(24)25)7-12(17)16(9)23/h3-8,23H,2H2,1H3,(H,20,22). The molecule has 2 aromatic carbocycles. The molecule has 2 aromatic rings. The first-order valence-corrected chi connectivity index (χ1v) is 8.29. The van der Waals surface area contributed by atoms with Crippen molar-refractivity contribution in [1.82, 2.24) is 0 Å². The molecule has 0 aliphatic rings. The van der Waals surface area contributed by atoms with E-state index in [9.17, 15) is 20.0 Å². The molecule has 0 saturated carbocycles. The van der Waals surface area contributed by atoms with Crippen LogP contribution in [0, 0.1) is 10.1 Å². The van der Waals surface area contributed by atoms with Crippen LogP contribution < -0.4 is 5.32 Å². The largest absolute Gasteiger partial charge is 0.506 e. The number of non-ortho nitro benzene ring substituents is 1. The monoisotopic (exact) mass is 425 g/mol. The molecule has 0 aliphatic carbocycles. The summed E-state index contributed by atoms with van der Waals surface area (Å²) in [4.78, 5) is 25.9. The summed E-state index contributed by atoms with van der Waals surface area (Å²) >= 11 is 9.17. The molecule has 25 heavy (non-hydrogen) atoms. The molecule has 2 rings (SSSR count). The second kappa shape index (κ2) is 8.09. The van der Waals surface area contributed by atoms with E-state index < -0.39 is 4.92 Å². The fourth-order valence-electron chi connectivity index (χ4n) is 1.88. The zero-order valence-electron chi connectivity index (χ0n) is 13.0. The quantitative estimate of drug-likeness (QED) is 0.406. The smallest absolute Gasteiger partial charge is 0.271 e. The van der Waals surface area contributed by atoms with E-state index in [0.29, 0.717) is 22.8 Å². The number of carbonyl (C=O) groups excluding carboxylic acids is 1. The van der Waals surface area contributed by atoms with E-state index in [1.54, 1.807) is 19.1 Å². The van der Waals surface area contributed by atoms with Gasteiger partial charge in [-0.05, 0) is 34.1 Å². The van der Waals surface area contributed by atoms with E-state index in [1.165, 1.54) is 24.4 Å². The van der Waals surface area contributed by atoms with Crippen molar-refractivity contribution in [3.8, 4) is 5.75 Å². The predicted octanol–water partition coefficient (Wildman–Crippen LogP) is 4.82. The summed E-state index contributed by atoms with van der Waals surface area (Å²) in [6, 6.07) is 7.17. The van der Waals surface area contributed by atoms with Gasteiger partial charge >= 0.3 is 0 Å². The number of carbonyl (C=O) groups is 1. The first-order valence-electron chi connectivity index (χ1n) is 7.12. The van der Waals surface area contributed by atoms with E-state index in [0.717, 1.165) is 0 Å². The highest BCUT2D eigenvalue weighted by atomic mass is 79.9.